The second-order valence-electron chi connectivity index (χ2n) is 8.95. The van der Waals surface area contributed by atoms with Gasteiger partial charge in [0.25, 0.3) is 5.91 Å². The molecule has 3 aliphatic heterocycles. The van der Waals surface area contributed by atoms with Gasteiger partial charge in [-0.25, -0.2) is 0 Å². The summed E-state index contributed by atoms with van der Waals surface area (Å²) in [4.78, 5) is 20.5. The van der Waals surface area contributed by atoms with Gasteiger partial charge in [-0.1, -0.05) is 13.8 Å². The third-order valence-electron chi connectivity index (χ3n) is 6.44. The fraction of sp³-hybridized carbons (Fsp3) is 0.682. The van der Waals surface area contributed by atoms with E-state index < -0.39 is 0 Å². The van der Waals surface area contributed by atoms with Gasteiger partial charge in [0.15, 0.2) is 0 Å². The number of hydrogen-bond acceptors (Lipinski definition) is 5. The predicted molar refractivity (Wildman–Crippen MR) is 109 cm³/mol. The van der Waals surface area contributed by atoms with Crippen molar-refractivity contribution in [3.63, 3.8) is 0 Å². The van der Waals surface area contributed by atoms with Crippen LogP contribution >= 0.6 is 0 Å². The first-order valence-electron chi connectivity index (χ1n) is 10.5. The van der Waals surface area contributed by atoms with Gasteiger partial charge in [0, 0.05) is 38.3 Å². The molecule has 3 heterocycles. The SMILES string of the molecule is COc1ccc(C(=O)N2C[C@@H]3COCCN3C3(CN(CCC(C)C)C3)C2)cc1. The summed E-state index contributed by atoms with van der Waals surface area (Å²) in [5.41, 5.74) is 0.823. The first-order chi connectivity index (χ1) is 13.5. The number of likely N-dealkylation sites (tertiary alicyclic amines) is 1. The molecule has 6 heteroatoms. The lowest BCUT2D eigenvalue weighted by Gasteiger charge is -2.63. The Morgan fingerprint density at radius 3 is 2.68 bits per heavy atom. The smallest absolute Gasteiger partial charge is 0.253 e. The summed E-state index contributed by atoms with van der Waals surface area (Å²) in [6.45, 7) is 11.9. The molecule has 3 saturated heterocycles. The van der Waals surface area contributed by atoms with Crippen molar-refractivity contribution in [1.29, 1.82) is 0 Å². The largest absolute Gasteiger partial charge is 0.497 e. The summed E-state index contributed by atoms with van der Waals surface area (Å²) in [6.07, 6.45) is 1.23. The Morgan fingerprint density at radius 2 is 2.00 bits per heavy atom. The van der Waals surface area contributed by atoms with Crippen molar-refractivity contribution in [2.45, 2.75) is 31.8 Å². The van der Waals surface area contributed by atoms with Gasteiger partial charge in [0.05, 0.1) is 31.9 Å². The Morgan fingerprint density at radius 1 is 1.25 bits per heavy atom. The Hall–Kier alpha value is -1.63. The number of carbonyl (C=O) groups is 1. The number of piperazine rings is 1. The van der Waals surface area contributed by atoms with Gasteiger partial charge in [0.1, 0.15) is 5.75 Å². The molecule has 0 aliphatic carbocycles. The lowest BCUT2D eigenvalue weighted by molar-refractivity contribution is -0.158. The van der Waals surface area contributed by atoms with E-state index in [4.69, 9.17) is 9.47 Å². The van der Waals surface area contributed by atoms with Gasteiger partial charge < -0.3 is 14.4 Å². The second-order valence-corrected chi connectivity index (χ2v) is 8.95. The van der Waals surface area contributed by atoms with Gasteiger partial charge in [0.2, 0.25) is 0 Å². The highest BCUT2D eigenvalue weighted by Gasteiger charge is 2.54. The van der Waals surface area contributed by atoms with Crippen LogP contribution in [0.15, 0.2) is 24.3 Å². The van der Waals surface area contributed by atoms with E-state index in [9.17, 15) is 4.79 Å². The van der Waals surface area contributed by atoms with Gasteiger partial charge in [-0.05, 0) is 43.1 Å². The van der Waals surface area contributed by atoms with E-state index in [2.05, 4.69) is 28.5 Å². The Balaban J connectivity index is 1.48. The van der Waals surface area contributed by atoms with Crippen LogP contribution in [-0.2, 0) is 4.74 Å². The normalized spacial score (nSPS) is 24.9. The van der Waals surface area contributed by atoms with E-state index in [1.165, 1.54) is 6.42 Å². The fourth-order valence-corrected chi connectivity index (χ4v) is 4.93. The maximum atomic E-state index is 13.2. The lowest BCUT2D eigenvalue weighted by Crippen LogP contribution is -2.80. The van der Waals surface area contributed by atoms with E-state index in [0.29, 0.717) is 6.04 Å². The zero-order valence-corrected chi connectivity index (χ0v) is 17.4. The first-order valence-corrected chi connectivity index (χ1v) is 10.5. The van der Waals surface area contributed by atoms with Crippen molar-refractivity contribution in [2.24, 2.45) is 5.92 Å². The Kier molecular flexibility index (Phi) is 5.63. The molecule has 0 bridgehead atoms. The zero-order chi connectivity index (χ0) is 19.7. The molecule has 154 valence electrons. The molecule has 0 unspecified atom stereocenters. The van der Waals surface area contributed by atoms with Crippen LogP contribution in [0.4, 0.5) is 0 Å². The molecule has 1 atom stereocenters. The molecular formula is C22H33N3O3. The number of amides is 1. The van der Waals surface area contributed by atoms with Gasteiger partial charge in [-0.3, -0.25) is 14.6 Å². The number of carbonyl (C=O) groups excluding carboxylic acids is 1. The van der Waals surface area contributed by atoms with Crippen LogP contribution in [0.25, 0.3) is 0 Å². The van der Waals surface area contributed by atoms with Crippen LogP contribution in [0.2, 0.25) is 0 Å². The molecule has 1 aromatic carbocycles. The van der Waals surface area contributed by atoms with Crippen LogP contribution in [0.5, 0.6) is 5.75 Å². The van der Waals surface area contributed by atoms with E-state index in [1.807, 2.05) is 24.3 Å². The molecule has 28 heavy (non-hydrogen) atoms. The van der Waals surface area contributed by atoms with Crippen LogP contribution in [0.3, 0.4) is 0 Å². The van der Waals surface area contributed by atoms with E-state index in [0.717, 1.165) is 69.7 Å². The standard InChI is InChI=1S/C22H33N3O3/c1-17(2)8-9-23-14-22(15-23)16-24(12-19-13-28-11-10-25(19)22)21(26)18-4-6-20(27-3)7-5-18/h4-7,17,19H,8-16H2,1-3H3/t19-/m1/s1. The quantitative estimate of drug-likeness (QED) is 0.773. The number of fused-ring (bicyclic) bond motifs is 2. The monoisotopic (exact) mass is 387 g/mol. The Labute approximate surface area is 168 Å². The van der Waals surface area contributed by atoms with Crippen LogP contribution in [0.1, 0.15) is 30.6 Å². The lowest BCUT2D eigenvalue weighted by atomic mass is 9.82. The summed E-state index contributed by atoms with van der Waals surface area (Å²) in [7, 11) is 1.64. The van der Waals surface area contributed by atoms with Crippen molar-refractivity contribution < 1.29 is 14.3 Å². The maximum absolute atomic E-state index is 13.2. The van der Waals surface area contributed by atoms with E-state index in [-0.39, 0.29) is 11.4 Å². The second kappa shape index (κ2) is 8.01. The van der Waals surface area contributed by atoms with E-state index in [1.54, 1.807) is 7.11 Å². The average molecular weight is 388 g/mol. The highest BCUT2D eigenvalue weighted by atomic mass is 16.5. The van der Waals surface area contributed by atoms with Crippen molar-refractivity contribution in [1.82, 2.24) is 14.7 Å². The number of morpholine rings is 1. The molecule has 0 saturated carbocycles. The average Bonchev–Trinajstić information content (AvgIpc) is 2.69. The maximum Gasteiger partial charge on any atom is 0.253 e. The Bertz CT molecular complexity index is 685. The highest BCUT2D eigenvalue weighted by Crippen LogP contribution is 2.36. The van der Waals surface area contributed by atoms with Crippen molar-refractivity contribution in [3.05, 3.63) is 29.8 Å². The third-order valence-corrected chi connectivity index (χ3v) is 6.44. The summed E-state index contributed by atoms with van der Waals surface area (Å²) < 4.78 is 11.0. The number of methoxy groups -OCH3 is 1. The molecule has 0 aromatic heterocycles. The number of ether oxygens (including phenoxy) is 2. The molecule has 0 radical (unpaired) electrons. The molecule has 3 aliphatic rings. The number of nitrogens with zero attached hydrogens (tertiary/aromatic N) is 3. The molecule has 1 amide bonds. The van der Waals surface area contributed by atoms with Gasteiger partial charge >= 0.3 is 0 Å². The molecule has 4 rings (SSSR count). The zero-order valence-electron chi connectivity index (χ0n) is 17.4. The van der Waals surface area contributed by atoms with Gasteiger partial charge in [-0.15, -0.1) is 0 Å². The third kappa shape index (κ3) is 3.78. The van der Waals surface area contributed by atoms with Crippen LogP contribution < -0.4 is 4.74 Å². The molecular weight excluding hydrogens is 354 g/mol. The number of benzene rings is 1. The summed E-state index contributed by atoms with van der Waals surface area (Å²) in [6, 6.07) is 7.76. The van der Waals surface area contributed by atoms with Crippen molar-refractivity contribution in [3.8, 4) is 5.75 Å². The van der Waals surface area contributed by atoms with Crippen LogP contribution in [-0.4, -0.2) is 91.8 Å². The summed E-state index contributed by atoms with van der Waals surface area (Å²) in [5.74, 6) is 1.62. The van der Waals surface area contributed by atoms with E-state index >= 15 is 0 Å². The summed E-state index contributed by atoms with van der Waals surface area (Å²) in [5, 5.41) is 0. The minimum absolute atomic E-state index is 0.0891. The van der Waals surface area contributed by atoms with Crippen LogP contribution in [0, 0.1) is 5.92 Å². The van der Waals surface area contributed by atoms with Gasteiger partial charge in [-0.2, -0.15) is 0 Å². The molecule has 6 nitrogen and oxygen atoms in total. The predicted octanol–water partition coefficient (Wildman–Crippen LogP) is 1.95. The highest BCUT2D eigenvalue weighted by molar-refractivity contribution is 5.94. The fourth-order valence-electron chi connectivity index (χ4n) is 4.93. The number of rotatable bonds is 5. The molecule has 1 aromatic rings. The topological polar surface area (TPSA) is 45.2 Å². The van der Waals surface area contributed by atoms with Crippen molar-refractivity contribution in [2.75, 3.05) is 59.6 Å². The molecule has 1 spiro atoms. The molecule has 3 fully saturated rings. The summed E-state index contributed by atoms with van der Waals surface area (Å²) >= 11 is 0. The van der Waals surface area contributed by atoms with Crippen molar-refractivity contribution >= 4 is 5.91 Å². The first kappa shape index (κ1) is 19.7. The minimum atomic E-state index is 0.0891. The minimum Gasteiger partial charge on any atom is -0.497 e. The number of hydrogen-bond donors (Lipinski definition) is 0. The molecule has 0 N–H and O–H groups in total.